The fourth-order valence-electron chi connectivity index (χ4n) is 2.80. The molecule has 2 aromatic heterocycles. The van der Waals surface area contributed by atoms with E-state index < -0.39 is 0 Å². The molecule has 24 heavy (non-hydrogen) atoms. The Hall–Kier alpha value is -2.21. The first kappa shape index (κ1) is 16.6. The van der Waals surface area contributed by atoms with Gasteiger partial charge in [0, 0.05) is 11.8 Å². The minimum absolute atomic E-state index is 0.108. The molecule has 126 valence electrons. The molecule has 0 fully saturated rings. The number of benzene rings is 1. The molecule has 0 bridgehead atoms. The summed E-state index contributed by atoms with van der Waals surface area (Å²) in [6, 6.07) is 7.99. The van der Waals surface area contributed by atoms with Gasteiger partial charge in [-0.1, -0.05) is 42.9 Å². The monoisotopic (exact) mass is 342 g/mol. The van der Waals surface area contributed by atoms with Crippen LogP contribution in [0.2, 0.25) is 0 Å². The standard InChI is InChI=1S/C18H22N4OS/c1-5-7-14-10-16(23)22-18(20-14)24-17(21-22)19-13(4)15-9-6-8-11(2)12(15)3/h6,8-10,13H,5,7H2,1-4H3,(H,19,21). The quantitative estimate of drug-likeness (QED) is 0.764. The van der Waals surface area contributed by atoms with E-state index in [1.54, 1.807) is 6.07 Å². The molecule has 0 spiro atoms. The van der Waals surface area contributed by atoms with Gasteiger partial charge in [-0.05, 0) is 43.9 Å². The van der Waals surface area contributed by atoms with Crippen molar-refractivity contribution < 1.29 is 0 Å². The molecule has 0 radical (unpaired) electrons. The fourth-order valence-corrected chi connectivity index (χ4v) is 3.72. The summed E-state index contributed by atoms with van der Waals surface area (Å²) in [6.07, 6.45) is 1.78. The molecule has 0 saturated heterocycles. The summed E-state index contributed by atoms with van der Waals surface area (Å²) in [7, 11) is 0. The molecule has 1 unspecified atom stereocenters. The van der Waals surface area contributed by atoms with Crippen molar-refractivity contribution in [3.63, 3.8) is 0 Å². The summed E-state index contributed by atoms with van der Waals surface area (Å²) in [5.41, 5.74) is 4.50. The average molecular weight is 342 g/mol. The van der Waals surface area contributed by atoms with Gasteiger partial charge in [0.15, 0.2) is 0 Å². The van der Waals surface area contributed by atoms with E-state index in [1.165, 1.54) is 32.5 Å². The van der Waals surface area contributed by atoms with Gasteiger partial charge in [-0.25, -0.2) is 4.98 Å². The van der Waals surface area contributed by atoms with E-state index in [9.17, 15) is 4.79 Å². The number of rotatable bonds is 5. The van der Waals surface area contributed by atoms with Crippen molar-refractivity contribution in [1.29, 1.82) is 0 Å². The predicted molar refractivity (Wildman–Crippen MR) is 99.1 cm³/mol. The maximum Gasteiger partial charge on any atom is 0.275 e. The highest BCUT2D eigenvalue weighted by atomic mass is 32.1. The van der Waals surface area contributed by atoms with Crippen LogP contribution >= 0.6 is 11.3 Å². The van der Waals surface area contributed by atoms with Crippen molar-refractivity contribution >= 4 is 21.4 Å². The molecular formula is C18H22N4OS. The first-order valence-corrected chi connectivity index (χ1v) is 9.03. The summed E-state index contributed by atoms with van der Waals surface area (Å²) in [4.78, 5) is 17.4. The van der Waals surface area contributed by atoms with Crippen LogP contribution in [0.25, 0.3) is 4.96 Å². The molecule has 0 aliphatic heterocycles. The Morgan fingerprint density at radius 1 is 1.33 bits per heavy atom. The van der Waals surface area contributed by atoms with Crippen LogP contribution in [0.5, 0.6) is 0 Å². The lowest BCUT2D eigenvalue weighted by Gasteiger charge is -2.16. The van der Waals surface area contributed by atoms with E-state index in [0.29, 0.717) is 10.1 Å². The molecule has 1 N–H and O–H groups in total. The topological polar surface area (TPSA) is 59.3 Å². The molecule has 1 aromatic carbocycles. The summed E-state index contributed by atoms with van der Waals surface area (Å²) in [6.45, 7) is 8.42. The molecule has 3 rings (SSSR count). The first-order valence-electron chi connectivity index (χ1n) is 8.22. The Kier molecular flexibility index (Phi) is 4.66. The Balaban J connectivity index is 1.91. The molecule has 3 aromatic rings. The zero-order chi connectivity index (χ0) is 17.3. The second kappa shape index (κ2) is 6.73. The van der Waals surface area contributed by atoms with Gasteiger partial charge in [0.2, 0.25) is 10.1 Å². The largest absolute Gasteiger partial charge is 0.354 e. The summed E-state index contributed by atoms with van der Waals surface area (Å²) in [5.74, 6) is 0. The molecule has 6 heteroatoms. The van der Waals surface area contributed by atoms with E-state index in [4.69, 9.17) is 0 Å². The van der Waals surface area contributed by atoms with Gasteiger partial charge >= 0.3 is 0 Å². The second-order valence-corrected chi connectivity index (χ2v) is 7.05. The van der Waals surface area contributed by atoms with Crippen LogP contribution in [0.4, 0.5) is 5.13 Å². The van der Waals surface area contributed by atoms with Gasteiger partial charge in [-0.15, -0.1) is 5.10 Å². The van der Waals surface area contributed by atoms with Crippen LogP contribution < -0.4 is 10.9 Å². The summed E-state index contributed by atoms with van der Waals surface area (Å²) < 4.78 is 1.38. The van der Waals surface area contributed by atoms with E-state index in [2.05, 4.69) is 61.3 Å². The minimum atomic E-state index is -0.118. The number of nitrogens with one attached hydrogen (secondary N) is 1. The number of anilines is 1. The van der Waals surface area contributed by atoms with Crippen molar-refractivity contribution in [1.82, 2.24) is 14.6 Å². The lowest BCUT2D eigenvalue weighted by molar-refractivity contribution is 0.823. The Morgan fingerprint density at radius 2 is 2.12 bits per heavy atom. The highest BCUT2D eigenvalue weighted by Crippen LogP contribution is 2.26. The lowest BCUT2D eigenvalue weighted by atomic mass is 9.99. The zero-order valence-electron chi connectivity index (χ0n) is 14.5. The number of hydrogen-bond acceptors (Lipinski definition) is 5. The second-order valence-electron chi connectivity index (χ2n) is 6.09. The molecule has 0 amide bonds. The number of fused-ring (bicyclic) bond motifs is 1. The van der Waals surface area contributed by atoms with Gasteiger partial charge in [0.05, 0.1) is 6.04 Å². The molecule has 5 nitrogen and oxygen atoms in total. The number of aryl methyl sites for hydroxylation is 2. The van der Waals surface area contributed by atoms with E-state index in [-0.39, 0.29) is 11.6 Å². The van der Waals surface area contributed by atoms with Crippen molar-refractivity contribution in [2.24, 2.45) is 0 Å². The van der Waals surface area contributed by atoms with Crippen molar-refractivity contribution in [2.45, 2.75) is 46.6 Å². The van der Waals surface area contributed by atoms with Crippen LogP contribution in [0.3, 0.4) is 0 Å². The van der Waals surface area contributed by atoms with Gasteiger partial charge in [0.25, 0.3) is 5.56 Å². The molecule has 2 heterocycles. The molecule has 1 atom stereocenters. The highest BCUT2D eigenvalue weighted by Gasteiger charge is 2.14. The van der Waals surface area contributed by atoms with Crippen molar-refractivity contribution in [3.8, 4) is 0 Å². The summed E-state index contributed by atoms with van der Waals surface area (Å²) in [5, 5.41) is 8.49. The molecule has 0 saturated carbocycles. The predicted octanol–water partition coefficient (Wildman–Crippen LogP) is 3.89. The zero-order valence-corrected chi connectivity index (χ0v) is 15.3. The fraction of sp³-hybridized carbons (Fsp3) is 0.389. The van der Waals surface area contributed by atoms with E-state index in [0.717, 1.165) is 18.5 Å². The summed E-state index contributed by atoms with van der Waals surface area (Å²) >= 11 is 1.41. The molecular weight excluding hydrogens is 320 g/mol. The maximum absolute atomic E-state index is 12.2. The maximum atomic E-state index is 12.2. The first-order chi connectivity index (χ1) is 11.5. The molecule has 0 aliphatic rings. The SMILES string of the molecule is CCCc1cc(=O)n2nc(NC(C)c3cccc(C)c3C)sc2n1. The van der Waals surface area contributed by atoms with Gasteiger partial charge in [-0.3, -0.25) is 4.79 Å². The van der Waals surface area contributed by atoms with Crippen molar-refractivity contribution in [3.05, 3.63) is 57.0 Å². The van der Waals surface area contributed by atoms with Crippen LogP contribution in [0.15, 0.2) is 29.1 Å². The average Bonchev–Trinajstić information content (AvgIpc) is 2.93. The van der Waals surface area contributed by atoms with E-state index >= 15 is 0 Å². The number of aromatic nitrogens is 3. The van der Waals surface area contributed by atoms with Gasteiger partial charge in [-0.2, -0.15) is 4.52 Å². The normalized spacial score (nSPS) is 12.5. The van der Waals surface area contributed by atoms with Crippen LogP contribution in [0, 0.1) is 13.8 Å². The van der Waals surface area contributed by atoms with Gasteiger partial charge in [0.1, 0.15) is 0 Å². The third kappa shape index (κ3) is 3.19. The third-order valence-electron chi connectivity index (χ3n) is 4.26. The van der Waals surface area contributed by atoms with Crippen molar-refractivity contribution in [2.75, 3.05) is 5.32 Å². The Morgan fingerprint density at radius 3 is 2.88 bits per heavy atom. The molecule has 0 aliphatic carbocycles. The highest BCUT2D eigenvalue weighted by molar-refractivity contribution is 7.20. The number of nitrogens with zero attached hydrogens (tertiary/aromatic N) is 3. The van der Waals surface area contributed by atoms with E-state index in [1.807, 2.05) is 0 Å². The Bertz CT molecular complexity index is 928. The minimum Gasteiger partial charge on any atom is -0.354 e. The Labute approximate surface area is 145 Å². The van der Waals surface area contributed by atoms with Gasteiger partial charge < -0.3 is 5.32 Å². The van der Waals surface area contributed by atoms with Crippen LogP contribution in [-0.4, -0.2) is 14.6 Å². The lowest BCUT2D eigenvalue weighted by Crippen LogP contribution is -2.16. The third-order valence-corrected chi connectivity index (χ3v) is 5.10. The number of hydrogen-bond donors (Lipinski definition) is 1. The van der Waals surface area contributed by atoms with Crippen LogP contribution in [0.1, 0.15) is 48.7 Å². The smallest absolute Gasteiger partial charge is 0.275 e. The van der Waals surface area contributed by atoms with Crippen LogP contribution in [-0.2, 0) is 6.42 Å².